The number of aromatic carboxylic acids is 1. The smallest absolute Gasteiger partial charge is 0.336 e. The lowest BCUT2D eigenvalue weighted by Crippen LogP contribution is -2.33. The molecule has 0 bridgehead atoms. The summed E-state index contributed by atoms with van der Waals surface area (Å²) in [4.78, 5) is 29.0. The van der Waals surface area contributed by atoms with Crippen molar-refractivity contribution < 1.29 is 19.1 Å². The monoisotopic (exact) mass is 559 g/mol. The van der Waals surface area contributed by atoms with Gasteiger partial charge in [0.15, 0.2) is 5.15 Å². The quantitative estimate of drug-likeness (QED) is 0.205. The molecule has 1 atom stereocenters. The van der Waals surface area contributed by atoms with Crippen molar-refractivity contribution in [1.29, 1.82) is 0 Å². The van der Waals surface area contributed by atoms with Crippen molar-refractivity contribution in [2.24, 2.45) is 11.8 Å². The maximum absolute atomic E-state index is 15.4. The molecule has 1 aromatic heterocycles. The fourth-order valence-electron chi connectivity index (χ4n) is 4.47. The Morgan fingerprint density at radius 2 is 1.95 bits per heavy atom. The standard InChI is InChI=1S/C29H35ClFN3O3S/c1-4-5-10-26-33-27(30)25(15-32-28(35)21(17-38)13-18(2)3)34(26)16-20-12-11-19(14-24(20)31)22-8-6-7-9-23(22)29(36)37/h6-9,11-12,14,18,21,38H,4-5,10,13,15-17H2,1-3H3,(H,32,35)(H,36,37). The SMILES string of the molecule is CCCCc1nc(Cl)c(CNC(=O)C(CS)CC(C)C)n1Cc1ccc(-c2ccccc2C(=O)O)cc1F. The first kappa shape index (κ1) is 29.7. The maximum atomic E-state index is 15.4. The average molecular weight is 560 g/mol. The lowest BCUT2D eigenvalue weighted by molar-refractivity contribution is -0.124. The van der Waals surface area contributed by atoms with Gasteiger partial charge >= 0.3 is 5.97 Å². The van der Waals surface area contributed by atoms with Crippen LogP contribution in [0.3, 0.4) is 0 Å². The second-order valence-corrected chi connectivity index (χ2v) is 10.6. The molecule has 6 nitrogen and oxygen atoms in total. The predicted molar refractivity (Wildman–Crippen MR) is 152 cm³/mol. The van der Waals surface area contributed by atoms with E-state index in [0.717, 1.165) is 25.1 Å². The van der Waals surface area contributed by atoms with Crippen LogP contribution in [-0.2, 0) is 24.3 Å². The van der Waals surface area contributed by atoms with Gasteiger partial charge in [-0.2, -0.15) is 12.6 Å². The van der Waals surface area contributed by atoms with Crippen LogP contribution in [0.2, 0.25) is 5.15 Å². The first-order valence-electron chi connectivity index (χ1n) is 12.9. The fraction of sp³-hybridized carbons (Fsp3) is 0.414. The van der Waals surface area contributed by atoms with Gasteiger partial charge in [-0.3, -0.25) is 4.79 Å². The van der Waals surface area contributed by atoms with E-state index in [-0.39, 0.29) is 35.6 Å². The molecule has 2 aromatic carbocycles. The lowest BCUT2D eigenvalue weighted by atomic mass is 9.98. The lowest BCUT2D eigenvalue weighted by Gasteiger charge is -2.18. The van der Waals surface area contributed by atoms with E-state index < -0.39 is 11.8 Å². The number of amides is 1. The number of carboxylic acids is 1. The molecule has 1 heterocycles. The van der Waals surface area contributed by atoms with Gasteiger partial charge < -0.3 is 15.0 Å². The number of imidazole rings is 1. The van der Waals surface area contributed by atoms with Crippen LogP contribution in [0.4, 0.5) is 4.39 Å². The van der Waals surface area contributed by atoms with Crippen LogP contribution >= 0.6 is 24.2 Å². The minimum atomic E-state index is -1.07. The normalized spacial score (nSPS) is 12.1. The van der Waals surface area contributed by atoms with Gasteiger partial charge in [0.2, 0.25) is 5.91 Å². The van der Waals surface area contributed by atoms with Gasteiger partial charge in [-0.25, -0.2) is 14.2 Å². The highest BCUT2D eigenvalue weighted by atomic mass is 35.5. The highest BCUT2D eigenvalue weighted by Crippen LogP contribution is 2.27. The highest BCUT2D eigenvalue weighted by molar-refractivity contribution is 7.80. The van der Waals surface area contributed by atoms with Crippen LogP contribution in [0.1, 0.15) is 67.5 Å². The zero-order valence-electron chi connectivity index (χ0n) is 22.0. The molecule has 1 unspecified atom stereocenters. The van der Waals surface area contributed by atoms with Crippen LogP contribution in [0.25, 0.3) is 11.1 Å². The molecule has 1 amide bonds. The number of aryl methyl sites for hydroxylation is 1. The number of rotatable bonds is 13. The molecule has 2 N–H and O–H groups in total. The average Bonchev–Trinajstić information content (AvgIpc) is 3.18. The van der Waals surface area contributed by atoms with Gasteiger partial charge in [-0.15, -0.1) is 0 Å². The maximum Gasteiger partial charge on any atom is 0.336 e. The van der Waals surface area contributed by atoms with E-state index in [9.17, 15) is 14.7 Å². The molecule has 0 fully saturated rings. The van der Waals surface area contributed by atoms with E-state index in [4.69, 9.17) is 11.6 Å². The number of carboxylic acid groups (broad SMARTS) is 1. The molecular weight excluding hydrogens is 525 g/mol. The fourth-order valence-corrected chi connectivity index (χ4v) is 5.05. The third-order valence-electron chi connectivity index (χ3n) is 6.48. The van der Waals surface area contributed by atoms with E-state index in [1.54, 1.807) is 30.3 Å². The minimum Gasteiger partial charge on any atom is -0.478 e. The Labute approximate surface area is 234 Å². The van der Waals surface area contributed by atoms with Gasteiger partial charge in [0, 0.05) is 23.7 Å². The molecule has 0 aliphatic carbocycles. The summed E-state index contributed by atoms with van der Waals surface area (Å²) in [6.45, 7) is 6.56. The zero-order valence-corrected chi connectivity index (χ0v) is 23.7. The number of unbranched alkanes of at least 4 members (excludes halogenated alkanes) is 1. The Morgan fingerprint density at radius 3 is 2.58 bits per heavy atom. The van der Waals surface area contributed by atoms with Crippen molar-refractivity contribution in [3.63, 3.8) is 0 Å². The Bertz CT molecular complexity index is 1280. The molecule has 0 spiro atoms. The third kappa shape index (κ3) is 7.38. The van der Waals surface area contributed by atoms with E-state index in [0.29, 0.717) is 40.5 Å². The molecule has 3 aromatic rings. The summed E-state index contributed by atoms with van der Waals surface area (Å²) in [6, 6.07) is 11.2. The Kier molecular flexibility index (Phi) is 10.8. The summed E-state index contributed by atoms with van der Waals surface area (Å²) in [5, 5.41) is 12.8. The van der Waals surface area contributed by atoms with Crippen molar-refractivity contribution in [1.82, 2.24) is 14.9 Å². The third-order valence-corrected chi connectivity index (χ3v) is 7.23. The van der Waals surface area contributed by atoms with Crippen LogP contribution in [0.5, 0.6) is 0 Å². The number of halogens is 2. The molecule has 0 saturated carbocycles. The van der Waals surface area contributed by atoms with Crippen LogP contribution in [0, 0.1) is 17.7 Å². The number of nitrogens with zero attached hydrogens (tertiary/aromatic N) is 2. The number of benzene rings is 2. The molecular formula is C29H35ClFN3O3S. The molecule has 0 aliphatic rings. The second-order valence-electron chi connectivity index (χ2n) is 9.84. The molecule has 38 heavy (non-hydrogen) atoms. The Balaban J connectivity index is 1.90. The number of aromatic nitrogens is 2. The number of nitrogens with one attached hydrogen (secondary N) is 1. The largest absolute Gasteiger partial charge is 0.478 e. The molecule has 3 rings (SSSR count). The number of carbonyl (C=O) groups is 2. The summed E-state index contributed by atoms with van der Waals surface area (Å²) in [7, 11) is 0. The van der Waals surface area contributed by atoms with Crippen molar-refractivity contribution in [3.8, 4) is 11.1 Å². The summed E-state index contributed by atoms with van der Waals surface area (Å²) < 4.78 is 17.2. The van der Waals surface area contributed by atoms with Crippen molar-refractivity contribution in [3.05, 3.63) is 76.1 Å². The van der Waals surface area contributed by atoms with E-state index in [1.165, 1.54) is 12.1 Å². The van der Waals surface area contributed by atoms with Crippen LogP contribution < -0.4 is 5.32 Å². The minimum absolute atomic E-state index is 0.0970. The first-order chi connectivity index (χ1) is 18.2. The topological polar surface area (TPSA) is 84.2 Å². The molecule has 204 valence electrons. The summed E-state index contributed by atoms with van der Waals surface area (Å²) in [5.41, 5.74) is 2.07. The summed E-state index contributed by atoms with van der Waals surface area (Å²) >= 11 is 10.9. The number of carbonyl (C=O) groups excluding carboxylic acids is 1. The highest BCUT2D eigenvalue weighted by Gasteiger charge is 2.22. The summed E-state index contributed by atoms with van der Waals surface area (Å²) in [5.74, 6) is -0.307. The second kappa shape index (κ2) is 13.8. The molecule has 9 heteroatoms. The van der Waals surface area contributed by atoms with Gasteiger partial charge in [0.05, 0.1) is 24.3 Å². The predicted octanol–water partition coefficient (Wildman–Crippen LogP) is 6.64. The van der Waals surface area contributed by atoms with E-state index >= 15 is 4.39 Å². The van der Waals surface area contributed by atoms with Gasteiger partial charge in [-0.1, -0.05) is 69.1 Å². The van der Waals surface area contributed by atoms with Gasteiger partial charge in [0.1, 0.15) is 11.6 Å². The van der Waals surface area contributed by atoms with Crippen LogP contribution in [0.15, 0.2) is 42.5 Å². The molecule has 0 saturated heterocycles. The van der Waals surface area contributed by atoms with E-state index in [2.05, 4.69) is 43.7 Å². The first-order valence-corrected chi connectivity index (χ1v) is 13.9. The van der Waals surface area contributed by atoms with Gasteiger partial charge in [0.25, 0.3) is 0 Å². The Hall–Kier alpha value is -2.84. The summed E-state index contributed by atoms with van der Waals surface area (Å²) in [6.07, 6.45) is 3.25. The van der Waals surface area contributed by atoms with Crippen molar-refractivity contribution >= 4 is 36.1 Å². The zero-order chi connectivity index (χ0) is 27.8. The van der Waals surface area contributed by atoms with E-state index in [1.807, 2.05) is 4.57 Å². The van der Waals surface area contributed by atoms with Gasteiger partial charge in [-0.05, 0) is 42.0 Å². The van der Waals surface area contributed by atoms with Crippen molar-refractivity contribution in [2.45, 2.75) is 59.5 Å². The number of hydrogen-bond acceptors (Lipinski definition) is 4. The number of thiol groups is 1. The Morgan fingerprint density at radius 1 is 1.21 bits per heavy atom. The molecule has 0 radical (unpaired) electrons. The van der Waals surface area contributed by atoms with Crippen LogP contribution in [-0.4, -0.2) is 32.3 Å². The number of hydrogen-bond donors (Lipinski definition) is 3. The molecule has 0 aliphatic heterocycles. The van der Waals surface area contributed by atoms with Crippen molar-refractivity contribution in [2.75, 3.05) is 5.75 Å².